The summed E-state index contributed by atoms with van der Waals surface area (Å²) in [4.78, 5) is 0. The van der Waals surface area contributed by atoms with Crippen LogP contribution >= 0.6 is 0 Å². The van der Waals surface area contributed by atoms with Gasteiger partial charge in [-0.25, -0.2) is 13.6 Å². The molecule has 0 aromatic heterocycles. The molecule has 0 spiro atoms. The number of nitrogens with two attached hydrogens (primary N) is 1. The van der Waals surface area contributed by atoms with E-state index in [0.29, 0.717) is 12.5 Å². The molecule has 2 N–H and O–H groups in total. The zero-order valence-electron chi connectivity index (χ0n) is 8.82. The van der Waals surface area contributed by atoms with E-state index in [0.717, 1.165) is 6.61 Å². The Balaban J connectivity index is 2.24. The van der Waals surface area contributed by atoms with Gasteiger partial charge in [-0.15, -0.1) is 0 Å². The Hall–Kier alpha value is -0.130. The fourth-order valence-electron chi connectivity index (χ4n) is 1.37. The van der Waals surface area contributed by atoms with Crippen molar-refractivity contribution in [2.75, 3.05) is 19.0 Å². The summed E-state index contributed by atoms with van der Waals surface area (Å²) in [6, 6.07) is 0. The minimum atomic E-state index is -3.40. The zero-order chi connectivity index (χ0) is 10.8. The van der Waals surface area contributed by atoms with E-state index in [1.165, 1.54) is 12.8 Å². The van der Waals surface area contributed by atoms with E-state index >= 15 is 0 Å². The summed E-state index contributed by atoms with van der Waals surface area (Å²) in [5, 5.41) is 4.98. The first-order valence-electron chi connectivity index (χ1n) is 4.87. The zero-order valence-corrected chi connectivity index (χ0v) is 9.64. The molecule has 0 aromatic carbocycles. The van der Waals surface area contributed by atoms with Crippen molar-refractivity contribution in [2.45, 2.75) is 26.7 Å². The van der Waals surface area contributed by atoms with Gasteiger partial charge in [-0.05, 0) is 18.8 Å². The predicted octanol–water partition coefficient (Wildman–Crippen LogP) is 0.728. The highest BCUT2D eigenvalue weighted by Gasteiger charge is 2.26. The maximum Gasteiger partial charge on any atom is 0.209 e. The van der Waals surface area contributed by atoms with Crippen molar-refractivity contribution >= 4 is 10.0 Å². The van der Waals surface area contributed by atoms with Crippen LogP contribution in [0.3, 0.4) is 0 Å². The Labute approximate surface area is 85.9 Å². The highest BCUT2D eigenvalue weighted by molar-refractivity contribution is 7.89. The van der Waals surface area contributed by atoms with E-state index in [1.807, 2.05) is 13.8 Å². The van der Waals surface area contributed by atoms with Crippen LogP contribution in [-0.4, -0.2) is 27.4 Å². The van der Waals surface area contributed by atoms with Crippen LogP contribution in [0.5, 0.6) is 0 Å². The molecule has 84 valence electrons. The van der Waals surface area contributed by atoms with Crippen LogP contribution < -0.4 is 5.14 Å². The summed E-state index contributed by atoms with van der Waals surface area (Å²) < 4.78 is 27.2. The van der Waals surface area contributed by atoms with Gasteiger partial charge in [0.1, 0.15) is 0 Å². The Morgan fingerprint density at radius 1 is 1.43 bits per heavy atom. The molecule has 0 atom stereocenters. The maximum absolute atomic E-state index is 10.9. The first-order valence-corrected chi connectivity index (χ1v) is 6.58. The fourth-order valence-corrected chi connectivity index (χ4v) is 2.55. The number of sulfonamides is 1. The smallest absolute Gasteiger partial charge is 0.209 e. The molecule has 0 saturated heterocycles. The monoisotopic (exact) mass is 221 g/mol. The molecular weight excluding hydrogens is 202 g/mol. The SMILES string of the molecule is CC(C)(COCC1CC1)CS(N)(=O)=O. The topological polar surface area (TPSA) is 69.4 Å². The molecule has 0 unspecified atom stereocenters. The Morgan fingerprint density at radius 2 is 2.00 bits per heavy atom. The van der Waals surface area contributed by atoms with Gasteiger partial charge >= 0.3 is 0 Å². The largest absolute Gasteiger partial charge is 0.381 e. The lowest BCUT2D eigenvalue weighted by Gasteiger charge is -2.22. The van der Waals surface area contributed by atoms with Gasteiger partial charge in [0.05, 0.1) is 12.4 Å². The van der Waals surface area contributed by atoms with Gasteiger partial charge in [-0.3, -0.25) is 0 Å². The molecule has 0 radical (unpaired) electrons. The van der Waals surface area contributed by atoms with Crippen molar-refractivity contribution in [3.8, 4) is 0 Å². The van der Waals surface area contributed by atoms with E-state index in [-0.39, 0.29) is 11.2 Å². The number of rotatable bonds is 6. The van der Waals surface area contributed by atoms with E-state index < -0.39 is 10.0 Å². The molecule has 0 bridgehead atoms. The van der Waals surface area contributed by atoms with E-state index in [4.69, 9.17) is 9.88 Å². The van der Waals surface area contributed by atoms with Crippen LogP contribution in [0.2, 0.25) is 0 Å². The first-order chi connectivity index (χ1) is 6.29. The molecule has 0 heterocycles. The second-order valence-electron chi connectivity index (χ2n) is 4.93. The van der Waals surface area contributed by atoms with E-state index in [2.05, 4.69) is 0 Å². The van der Waals surface area contributed by atoms with Crippen molar-refractivity contribution in [3.63, 3.8) is 0 Å². The molecular formula is C9H19NO3S. The molecule has 0 aromatic rings. The lowest BCUT2D eigenvalue weighted by molar-refractivity contribution is 0.0657. The molecule has 14 heavy (non-hydrogen) atoms. The Bertz CT molecular complexity index is 280. The number of ether oxygens (including phenoxy) is 1. The van der Waals surface area contributed by atoms with Crippen LogP contribution in [0.15, 0.2) is 0 Å². The van der Waals surface area contributed by atoms with Crippen molar-refractivity contribution in [1.82, 2.24) is 0 Å². The third-order valence-corrected chi connectivity index (χ3v) is 3.32. The quantitative estimate of drug-likeness (QED) is 0.718. The lowest BCUT2D eigenvalue weighted by atomic mass is 9.98. The summed E-state index contributed by atoms with van der Waals surface area (Å²) in [5.41, 5.74) is -0.386. The molecule has 5 heteroatoms. The van der Waals surface area contributed by atoms with Gasteiger partial charge in [-0.1, -0.05) is 13.8 Å². The summed E-state index contributed by atoms with van der Waals surface area (Å²) >= 11 is 0. The van der Waals surface area contributed by atoms with Crippen LogP contribution in [0.1, 0.15) is 26.7 Å². The molecule has 0 amide bonds. The highest BCUT2D eigenvalue weighted by atomic mass is 32.2. The molecule has 4 nitrogen and oxygen atoms in total. The molecule has 1 aliphatic carbocycles. The van der Waals surface area contributed by atoms with Crippen molar-refractivity contribution < 1.29 is 13.2 Å². The van der Waals surface area contributed by atoms with Crippen molar-refractivity contribution in [2.24, 2.45) is 16.5 Å². The van der Waals surface area contributed by atoms with Crippen LogP contribution in [0.4, 0.5) is 0 Å². The molecule has 1 fully saturated rings. The van der Waals surface area contributed by atoms with Crippen molar-refractivity contribution in [1.29, 1.82) is 0 Å². The minimum Gasteiger partial charge on any atom is -0.381 e. The van der Waals surface area contributed by atoms with E-state index in [1.54, 1.807) is 0 Å². The standard InChI is InChI=1S/C9H19NO3S/c1-9(2,7-14(10,11)12)6-13-5-8-3-4-8/h8H,3-7H2,1-2H3,(H2,10,11,12). The highest BCUT2D eigenvalue weighted by Crippen LogP contribution is 2.29. The van der Waals surface area contributed by atoms with Crippen LogP contribution in [0, 0.1) is 11.3 Å². The van der Waals surface area contributed by atoms with Crippen LogP contribution in [0.25, 0.3) is 0 Å². The van der Waals surface area contributed by atoms with Gasteiger partial charge in [-0.2, -0.15) is 0 Å². The molecule has 0 aliphatic heterocycles. The average molecular weight is 221 g/mol. The average Bonchev–Trinajstić information content (AvgIpc) is 2.64. The number of primary sulfonamides is 1. The van der Waals surface area contributed by atoms with Gasteiger partial charge in [0, 0.05) is 12.0 Å². The van der Waals surface area contributed by atoms with Gasteiger partial charge in [0.25, 0.3) is 0 Å². The summed E-state index contributed by atoms with van der Waals surface area (Å²) in [6.07, 6.45) is 2.49. The second-order valence-corrected chi connectivity index (χ2v) is 6.54. The van der Waals surface area contributed by atoms with Gasteiger partial charge in [0.2, 0.25) is 10.0 Å². The number of hydrogen-bond acceptors (Lipinski definition) is 3. The Kier molecular flexibility index (Phi) is 3.55. The maximum atomic E-state index is 10.9. The third kappa shape index (κ3) is 5.57. The van der Waals surface area contributed by atoms with E-state index in [9.17, 15) is 8.42 Å². The Morgan fingerprint density at radius 3 is 2.43 bits per heavy atom. The van der Waals surface area contributed by atoms with Crippen LogP contribution in [-0.2, 0) is 14.8 Å². The summed E-state index contributed by atoms with van der Waals surface area (Å²) in [6.45, 7) is 4.92. The first kappa shape index (κ1) is 11.9. The second kappa shape index (κ2) is 4.16. The molecule has 1 rings (SSSR count). The molecule has 1 aliphatic rings. The third-order valence-electron chi connectivity index (χ3n) is 2.14. The van der Waals surface area contributed by atoms with Gasteiger partial charge in [0.15, 0.2) is 0 Å². The minimum absolute atomic E-state index is 0.0231. The summed E-state index contributed by atoms with van der Waals surface area (Å²) in [7, 11) is -3.40. The normalized spacial score (nSPS) is 18.5. The van der Waals surface area contributed by atoms with Gasteiger partial charge < -0.3 is 4.74 Å². The fraction of sp³-hybridized carbons (Fsp3) is 1.00. The molecule has 1 saturated carbocycles. The summed E-state index contributed by atoms with van der Waals surface area (Å²) in [5.74, 6) is 0.685. The van der Waals surface area contributed by atoms with Crippen molar-refractivity contribution in [3.05, 3.63) is 0 Å². The lowest BCUT2D eigenvalue weighted by Crippen LogP contribution is -2.32. The number of hydrogen-bond donors (Lipinski definition) is 1. The predicted molar refractivity (Wildman–Crippen MR) is 55.3 cm³/mol.